The summed E-state index contributed by atoms with van der Waals surface area (Å²) in [7, 11) is 2.89. The van der Waals surface area contributed by atoms with Gasteiger partial charge < -0.3 is 29.0 Å². The van der Waals surface area contributed by atoms with E-state index in [0.717, 1.165) is 11.3 Å². The van der Waals surface area contributed by atoms with Gasteiger partial charge in [-0.05, 0) is 44.5 Å². The van der Waals surface area contributed by atoms with Crippen LogP contribution in [0.15, 0.2) is 18.2 Å². The van der Waals surface area contributed by atoms with Gasteiger partial charge in [0.1, 0.15) is 9.88 Å². The van der Waals surface area contributed by atoms with Crippen molar-refractivity contribution in [3.8, 4) is 11.5 Å². The summed E-state index contributed by atoms with van der Waals surface area (Å²) in [5.74, 6) is -2.01. The Morgan fingerprint density at radius 1 is 0.879 bits per heavy atom. The van der Waals surface area contributed by atoms with Crippen LogP contribution in [0.1, 0.15) is 49.8 Å². The van der Waals surface area contributed by atoms with Crippen molar-refractivity contribution in [1.29, 1.82) is 0 Å². The van der Waals surface area contributed by atoms with Crippen LogP contribution >= 0.6 is 11.3 Å². The molecule has 0 aliphatic heterocycles. The molecule has 0 unspecified atom stereocenters. The largest absolute Gasteiger partial charge is 0.493 e. The van der Waals surface area contributed by atoms with Gasteiger partial charge in [-0.1, -0.05) is 0 Å². The summed E-state index contributed by atoms with van der Waals surface area (Å²) in [4.78, 5) is 49.5. The minimum absolute atomic E-state index is 0.0458. The highest BCUT2D eigenvalue weighted by atomic mass is 32.1. The topological polar surface area (TPSA) is 126 Å². The van der Waals surface area contributed by atoms with Gasteiger partial charge in [0.05, 0.1) is 38.6 Å². The highest BCUT2D eigenvalue weighted by molar-refractivity contribution is 7.18. The SMILES string of the molecule is CCOC(=O)c1sc(NC(=O)COC(=O)c2ccc(OC)c(OC)c2)c(C(=O)OCC)c1C. The van der Waals surface area contributed by atoms with Gasteiger partial charge in [-0.3, -0.25) is 4.79 Å². The molecule has 0 saturated carbocycles. The Labute approximate surface area is 194 Å². The van der Waals surface area contributed by atoms with Crippen LogP contribution in [0.3, 0.4) is 0 Å². The Morgan fingerprint density at radius 2 is 1.52 bits per heavy atom. The van der Waals surface area contributed by atoms with Crippen LogP contribution < -0.4 is 14.8 Å². The van der Waals surface area contributed by atoms with Gasteiger partial charge in [0.25, 0.3) is 5.91 Å². The third-order valence-electron chi connectivity index (χ3n) is 4.29. The average molecular weight is 480 g/mol. The molecule has 33 heavy (non-hydrogen) atoms. The minimum atomic E-state index is -0.758. The van der Waals surface area contributed by atoms with Gasteiger partial charge in [0, 0.05) is 0 Å². The molecule has 2 rings (SSSR count). The van der Waals surface area contributed by atoms with Crippen LogP contribution in [-0.4, -0.2) is 57.9 Å². The number of amides is 1. The van der Waals surface area contributed by atoms with E-state index in [1.807, 2.05) is 0 Å². The van der Waals surface area contributed by atoms with Gasteiger partial charge in [0.15, 0.2) is 18.1 Å². The molecule has 0 bridgehead atoms. The zero-order valence-electron chi connectivity index (χ0n) is 18.9. The lowest BCUT2D eigenvalue weighted by molar-refractivity contribution is -0.119. The zero-order valence-corrected chi connectivity index (χ0v) is 19.8. The number of ether oxygens (including phenoxy) is 5. The van der Waals surface area contributed by atoms with Crippen molar-refractivity contribution >= 4 is 40.2 Å². The average Bonchev–Trinajstić information content (AvgIpc) is 3.12. The van der Waals surface area contributed by atoms with Crippen molar-refractivity contribution in [1.82, 2.24) is 0 Å². The molecule has 0 aliphatic carbocycles. The molecule has 0 saturated heterocycles. The quantitative estimate of drug-likeness (QED) is 0.404. The second kappa shape index (κ2) is 11.9. The van der Waals surface area contributed by atoms with Gasteiger partial charge >= 0.3 is 17.9 Å². The number of benzene rings is 1. The molecule has 10 nitrogen and oxygen atoms in total. The lowest BCUT2D eigenvalue weighted by atomic mass is 10.1. The number of methoxy groups -OCH3 is 2. The second-order valence-electron chi connectivity index (χ2n) is 6.40. The molecule has 1 aromatic heterocycles. The fourth-order valence-electron chi connectivity index (χ4n) is 2.78. The first-order valence-corrected chi connectivity index (χ1v) is 10.8. The van der Waals surface area contributed by atoms with Crippen molar-refractivity contribution in [2.75, 3.05) is 39.4 Å². The van der Waals surface area contributed by atoms with Gasteiger partial charge in [0.2, 0.25) is 0 Å². The number of carbonyl (C=O) groups is 4. The van der Waals surface area contributed by atoms with E-state index in [1.54, 1.807) is 20.8 Å². The monoisotopic (exact) mass is 479 g/mol. The molecular formula is C22H25NO9S. The minimum Gasteiger partial charge on any atom is -0.493 e. The molecule has 0 atom stereocenters. The Kier molecular flexibility index (Phi) is 9.22. The third-order valence-corrected chi connectivity index (χ3v) is 5.48. The molecule has 178 valence electrons. The van der Waals surface area contributed by atoms with Crippen molar-refractivity contribution in [2.45, 2.75) is 20.8 Å². The van der Waals surface area contributed by atoms with Crippen molar-refractivity contribution in [2.24, 2.45) is 0 Å². The number of rotatable bonds is 10. The Balaban J connectivity index is 2.15. The molecule has 1 amide bonds. The molecule has 0 fully saturated rings. The lowest BCUT2D eigenvalue weighted by Gasteiger charge is -2.10. The van der Waals surface area contributed by atoms with Crippen LogP contribution in [0.5, 0.6) is 11.5 Å². The maximum absolute atomic E-state index is 12.4. The predicted molar refractivity (Wildman–Crippen MR) is 119 cm³/mol. The van der Waals surface area contributed by atoms with Gasteiger partial charge in [-0.2, -0.15) is 0 Å². The molecule has 0 radical (unpaired) electrons. The summed E-state index contributed by atoms with van der Waals surface area (Å²) in [5.41, 5.74) is 0.531. The summed E-state index contributed by atoms with van der Waals surface area (Å²) in [6.07, 6.45) is 0. The van der Waals surface area contributed by atoms with E-state index in [2.05, 4.69) is 5.32 Å². The molecule has 1 N–H and O–H groups in total. The van der Waals surface area contributed by atoms with Crippen LogP contribution in [0.4, 0.5) is 5.00 Å². The van der Waals surface area contributed by atoms with Crippen LogP contribution in [0.2, 0.25) is 0 Å². The Morgan fingerprint density at radius 3 is 2.12 bits per heavy atom. The molecule has 1 aromatic carbocycles. The van der Waals surface area contributed by atoms with Crippen molar-refractivity contribution in [3.63, 3.8) is 0 Å². The molecule has 0 spiro atoms. The number of carbonyl (C=O) groups excluding carboxylic acids is 4. The van der Waals surface area contributed by atoms with E-state index in [0.29, 0.717) is 17.1 Å². The van der Waals surface area contributed by atoms with Crippen LogP contribution in [0, 0.1) is 6.92 Å². The van der Waals surface area contributed by atoms with Crippen LogP contribution in [0.25, 0.3) is 0 Å². The highest BCUT2D eigenvalue weighted by Crippen LogP contribution is 2.34. The molecule has 1 heterocycles. The van der Waals surface area contributed by atoms with E-state index < -0.39 is 30.4 Å². The summed E-state index contributed by atoms with van der Waals surface area (Å²) < 4.78 is 25.4. The fraction of sp³-hybridized carbons (Fsp3) is 0.364. The smallest absolute Gasteiger partial charge is 0.348 e. The van der Waals surface area contributed by atoms with E-state index in [4.69, 9.17) is 23.7 Å². The van der Waals surface area contributed by atoms with Crippen molar-refractivity contribution < 1.29 is 42.9 Å². The van der Waals surface area contributed by atoms with Crippen molar-refractivity contribution in [3.05, 3.63) is 39.8 Å². The lowest BCUT2D eigenvalue weighted by Crippen LogP contribution is -2.21. The number of nitrogens with one attached hydrogen (secondary N) is 1. The maximum Gasteiger partial charge on any atom is 0.348 e. The summed E-state index contributed by atoms with van der Waals surface area (Å²) in [6.45, 7) is 4.49. The number of esters is 3. The Hall–Kier alpha value is -3.60. The number of hydrogen-bond acceptors (Lipinski definition) is 10. The highest BCUT2D eigenvalue weighted by Gasteiger charge is 2.27. The standard InChI is InChI=1S/C22H25NO9S/c1-6-30-21(26)17-12(3)18(22(27)31-7-2)33-19(17)23-16(24)11-32-20(25)13-8-9-14(28-4)15(10-13)29-5/h8-10H,6-7,11H2,1-5H3,(H,23,24). The van der Waals surface area contributed by atoms with Crippen LogP contribution in [-0.2, 0) is 19.0 Å². The number of anilines is 1. The first kappa shape index (κ1) is 25.7. The third kappa shape index (κ3) is 6.22. The molecule has 11 heteroatoms. The van der Waals surface area contributed by atoms with Gasteiger partial charge in [-0.15, -0.1) is 11.3 Å². The Bertz CT molecular complexity index is 1040. The zero-order chi connectivity index (χ0) is 24.5. The molecular weight excluding hydrogens is 454 g/mol. The second-order valence-corrected chi connectivity index (χ2v) is 7.42. The van der Waals surface area contributed by atoms with E-state index in [-0.39, 0.29) is 34.2 Å². The summed E-state index contributed by atoms with van der Waals surface area (Å²) in [5, 5.41) is 2.60. The fourth-order valence-corrected chi connectivity index (χ4v) is 3.89. The van der Waals surface area contributed by atoms with E-state index in [9.17, 15) is 19.2 Å². The van der Waals surface area contributed by atoms with E-state index in [1.165, 1.54) is 32.4 Å². The van der Waals surface area contributed by atoms with E-state index >= 15 is 0 Å². The molecule has 2 aromatic rings. The first-order valence-electron chi connectivity index (χ1n) is 9.93. The number of thiophene rings is 1. The number of hydrogen-bond donors (Lipinski definition) is 1. The predicted octanol–water partition coefficient (Wildman–Crippen LogP) is 3.22. The van der Waals surface area contributed by atoms with Gasteiger partial charge in [-0.25, -0.2) is 14.4 Å². The first-order chi connectivity index (χ1) is 15.8. The summed E-state index contributed by atoms with van der Waals surface area (Å²) in [6, 6.07) is 4.42. The maximum atomic E-state index is 12.4. The summed E-state index contributed by atoms with van der Waals surface area (Å²) >= 11 is 0.878. The molecule has 0 aliphatic rings. The normalized spacial score (nSPS) is 10.2.